The van der Waals surface area contributed by atoms with Crippen molar-refractivity contribution in [2.75, 3.05) is 6.54 Å². The van der Waals surface area contributed by atoms with Crippen molar-refractivity contribution >= 4 is 5.71 Å². The van der Waals surface area contributed by atoms with Gasteiger partial charge in [0, 0.05) is 19.4 Å². The minimum atomic E-state index is -0.851. The number of allylic oxidation sites excluding steroid dienone is 5. The van der Waals surface area contributed by atoms with E-state index in [0.29, 0.717) is 19.4 Å². The molecule has 0 radical (unpaired) electrons. The zero-order valence-corrected chi connectivity index (χ0v) is 11.2. The van der Waals surface area contributed by atoms with E-state index in [1.807, 2.05) is 12.2 Å². The lowest BCUT2D eigenvalue weighted by Crippen LogP contribution is -2.17. The SMILES string of the molecule is NCC1=C(/C(CC2=CCC(F)C=C2)=N\N)CCCC1. The summed E-state index contributed by atoms with van der Waals surface area (Å²) in [4.78, 5) is 0. The van der Waals surface area contributed by atoms with Gasteiger partial charge in [0.1, 0.15) is 6.17 Å². The van der Waals surface area contributed by atoms with E-state index in [9.17, 15) is 4.39 Å². The summed E-state index contributed by atoms with van der Waals surface area (Å²) >= 11 is 0. The molecule has 0 aromatic carbocycles. The third-order valence-corrected chi connectivity index (χ3v) is 3.83. The van der Waals surface area contributed by atoms with Crippen LogP contribution in [-0.4, -0.2) is 18.4 Å². The third-order valence-electron chi connectivity index (χ3n) is 3.83. The van der Waals surface area contributed by atoms with Crippen LogP contribution in [0.3, 0.4) is 0 Å². The molecule has 0 fully saturated rings. The van der Waals surface area contributed by atoms with E-state index in [4.69, 9.17) is 11.6 Å². The first-order valence-corrected chi connectivity index (χ1v) is 6.94. The molecule has 0 heterocycles. The number of rotatable bonds is 4. The van der Waals surface area contributed by atoms with Gasteiger partial charge in [-0.2, -0.15) is 5.10 Å². The summed E-state index contributed by atoms with van der Waals surface area (Å²) in [5.74, 6) is 5.55. The quantitative estimate of drug-likeness (QED) is 0.465. The monoisotopic (exact) mass is 263 g/mol. The lowest BCUT2D eigenvalue weighted by molar-refractivity contribution is 0.400. The summed E-state index contributed by atoms with van der Waals surface area (Å²) in [5, 5.41) is 3.96. The molecule has 3 nitrogen and oxygen atoms in total. The van der Waals surface area contributed by atoms with Crippen LogP contribution in [-0.2, 0) is 0 Å². The lowest BCUT2D eigenvalue weighted by atomic mass is 9.86. The van der Waals surface area contributed by atoms with Crippen LogP contribution in [0.25, 0.3) is 0 Å². The van der Waals surface area contributed by atoms with Crippen molar-refractivity contribution < 1.29 is 4.39 Å². The van der Waals surface area contributed by atoms with E-state index < -0.39 is 6.17 Å². The highest BCUT2D eigenvalue weighted by molar-refractivity contribution is 6.02. The van der Waals surface area contributed by atoms with E-state index in [2.05, 4.69) is 5.10 Å². The van der Waals surface area contributed by atoms with Crippen LogP contribution in [0.4, 0.5) is 4.39 Å². The molecule has 2 aliphatic rings. The fourth-order valence-electron chi connectivity index (χ4n) is 2.73. The maximum atomic E-state index is 13.0. The van der Waals surface area contributed by atoms with Crippen molar-refractivity contribution in [3.05, 3.63) is 34.9 Å². The van der Waals surface area contributed by atoms with Crippen LogP contribution in [0.15, 0.2) is 40.0 Å². The maximum Gasteiger partial charge on any atom is 0.122 e. The summed E-state index contributed by atoms with van der Waals surface area (Å²) in [6, 6.07) is 0. The van der Waals surface area contributed by atoms with Gasteiger partial charge in [0.25, 0.3) is 0 Å². The first-order chi connectivity index (χ1) is 9.24. The van der Waals surface area contributed by atoms with Gasteiger partial charge in [-0.1, -0.05) is 23.8 Å². The second-order valence-electron chi connectivity index (χ2n) is 5.14. The minimum absolute atomic E-state index is 0.451. The van der Waals surface area contributed by atoms with Crippen LogP contribution in [0, 0.1) is 0 Å². The van der Waals surface area contributed by atoms with Gasteiger partial charge < -0.3 is 11.6 Å². The Kier molecular flexibility index (Phi) is 4.91. The highest BCUT2D eigenvalue weighted by atomic mass is 19.1. The highest BCUT2D eigenvalue weighted by Crippen LogP contribution is 2.28. The maximum absolute atomic E-state index is 13.0. The van der Waals surface area contributed by atoms with Gasteiger partial charge in [0.05, 0.1) is 5.71 Å². The van der Waals surface area contributed by atoms with Crippen LogP contribution in [0.2, 0.25) is 0 Å². The molecular weight excluding hydrogens is 241 g/mol. The Morgan fingerprint density at radius 1 is 1.37 bits per heavy atom. The van der Waals surface area contributed by atoms with E-state index in [1.54, 1.807) is 6.08 Å². The lowest BCUT2D eigenvalue weighted by Gasteiger charge is -2.21. The molecule has 0 aliphatic heterocycles. The molecule has 0 spiro atoms. The zero-order chi connectivity index (χ0) is 13.7. The second kappa shape index (κ2) is 6.66. The molecule has 104 valence electrons. The summed E-state index contributed by atoms with van der Waals surface area (Å²) in [6.07, 6.45) is 10.1. The number of hydrogen-bond acceptors (Lipinski definition) is 3. The van der Waals surface area contributed by atoms with Gasteiger partial charge in [-0.15, -0.1) is 0 Å². The standard InChI is InChI=1S/C15H22FN3/c16-13-7-5-11(6-8-13)9-15(19-18)14-4-2-1-3-12(14)10-17/h5-7,13H,1-4,8-10,17-18H2/b19-15-. The summed E-state index contributed by atoms with van der Waals surface area (Å²) in [7, 11) is 0. The van der Waals surface area contributed by atoms with Crippen LogP contribution >= 0.6 is 0 Å². The molecule has 0 aromatic rings. The molecule has 0 saturated carbocycles. The van der Waals surface area contributed by atoms with Gasteiger partial charge in [-0.25, -0.2) is 4.39 Å². The van der Waals surface area contributed by atoms with Crippen molar-refractivity contribution in [1.29, 1.82) is 0 Å². The molecule has 0 amide bonds. The Bertz CT molecular complexity index is 446. The Labute approximate surface area is 113 Å². The Morgan fingerprint density at radius 2 is 2.16 bits per heavy atom. The number of nitrogens with zero attached hydrogens (tertiary/aromatic N) is 1. The summed E-state index contributed by atoms with van der Waals surface area (Å²) < 4.78 is 13.0. The molecule has 4 N–H and O–H groups in total. The molecule has 0 saturated heterocycles. The average Bonchev–Trinajstić information content (AvgIpc) is 2.46. The molecule has 0 bridgehead atoms. The third kappa shape index (κ3) is 3.53. The van der Waals surface area contributed by atoms with Crippen LogP contribution < -0.4 is 11.6 Å². The van der Waals surface area contributed by atoms with E-state index in [0.717, 1.165) is 24.1 Å². The number of halogens is 1. The molecule has 1 atom stereocenters. The summed E-state index contributed by atoms with van der Waals surface area (Å²) in [6.45, 7) is 0.579. The number of hydrazone groups is 1. The molecule has 2 rings (SSSR count). The Hall–Kier alpha value is -1.42. The fraction of sp³-hybridized carbons (Fsp3) is 0.533. The largest absolute Gasteiger partial charge is 0.327 e. The van der Waals surface area contributed by atoms with Crippen LogP contribution in [0.5, 0.6) is 0 Å². The molecule has 2 aliphatic carbocycles. The predicted molar refractivity (Wildman–Crippen MR) is 77.5 cm³/mol. The van der Waals surface area contributed by atoms with E-state index in [-0.39, 0.29) is 0 Å². The topological polar surface area (TPSA) is 64.4 Å². The van der Waals surface area contributed by atoms with Crippen molar-refractivity contribution in [2.24, 2.45) is 16.7 Å². The van der Waals surface area contributed by atoms with Gasteiger partial charge >= 0.3 is 0 Å². The van der Waals surface area contributed by atoms with Crippen LogP contribution in [0.1, 0.15) is 38.5 Å². The average molecular weight is 263 g/mol. The Morgan fingerprint density at radius 3 is 2.79 bits per heavy atom. The zero-order valence-electron chi connectivity index (χ0n) is 11.2. The van der Waals surface area contributed by atoms with E-state index in [1.165, 1.54) is 24.0 Å². The van der Waals surface area contributed by atoms with Gasteiger partial charge in [0.15, 0.2) is 0 Å². The molecular formula is C15H22FN3. The van der Waals surface area contributed by atoms with E-state index >= 15 is 0 Å². The van der Waals surface area contributed by atoms with Crippen molar-refractivity contribution in [2.45, 2.75) is 44.7 Å². The summed E-state index contributed by atoms with van der Waals surface area (Å²) in [5.41, 5.74) is 10.3. The second-order valence-corrected chi connectivity index (χ2v) is 5.14. The van der Waals surface area contributed by atoms with Crippen molar-refractivity contribution in [3.63, 3.8) is 0 Å². The normalized spacial score (nSPS) is 24.6. The number of nitrogens with two attached hydrogens (primary N) is 2. The first kappa shape index (κ1) is 14.0. The number of alkyl halides is 1. The molecule has 0 aromatic heterocycles. The number of hydrogen-bond donors (Lipinski definition) is 2. The molecule has 19 heavy (non-hydrogen) atoms. The minimum Gasteiger partial charge on any atom is -0.327 e. The van der Waals surface area contributed by atoms with Crippen molar-refractivity contribution in [3.8, 4) is 0 Å². The highest BCUT2D eigenvalue weighted by Gasteiger charge is 2.18. The smallest absolute Gasteiger partial charge is 0.122 e. The van der Waals surface area contributed by atoms with Gasteiger partial charge in [-0.3, -0.25) is 0 Å². The van der Waals surface area contributed by atoms with Gasteiger partial charge in [0.2, 0.25) is 0 Å². The molecule has 1 unspecified atom stereocenters. The fourth-order valence-corrected chi connectivity index (χ4v) is 2.73. The van der Waals surface area contributed by atoms with Crippen molar-refractivity contribution in [1.82, 2.24) is 0 Å². The molecule has 4 heteroatoms. The Balaban J connectivity index is 2.13. The van der Waals surface area contributed by atoms with Gasteiger partial charge in [-0.05, 0) is 36.8 Å². The first-order valence-electron chi connectivity index (χ1n) is 6.94. The predicted octanol–water partition coefficient (Wildman–Crippen LogP) is 2.74.